The third-order valence-electron chi connectivity index (χ3n) is 5.59. The summed E-state index contributed by atoms with van der Waals surface area (Å²) in [6.07, 6.45) is -7.16. The molecule has 0 amide bonds. The van der Waals surface area contributed by atoms with Gasteiger partial charge in [-0.05, 0) is 18.2 Å². The molecule has 34 heavy (non-hydrogen) atoms. The van der Waals surface area contributed by atoms with Crippen LogP contribution in [0.15, 0.2) is 18.2 Å². The highest BCUT2D eigenvalue weighted by Crippen LogP contribution is 2.50. The van der Waals surface area contributed by atoms with E-state index >= 15 is 0 Å². The molecule has 0 radical (unpaired) electrons. The Hall–Kier alpha value is -3.78. The highest BCUT2D eigenvalue weighted by Gasteiger charge is 2.52. The normalized spacial score (nSPS) is 25.6. The number of phenols is 4. The number of carbonyl (C=O) groups excluding carboxylic acids is 2. The monoisotopic (exact) mass is 480 g/mol. The van der Waals surface area contributed by atoms with Crippen molar-refractivity contribution in [1.29, 1.82) is 0 Å². The van der Waals surface area contributed by atoms with Crippen LogP contribution in [0.2, 0.25) is 0 Å². The second-order valence-corrected chi connectivity index (χ2v) is 7.60. The van der Waals surface area contributed by atoms with Gasteiger partial charge in [0, 0.05) is 5.56 Å². The summed E-state index contributed by atoms with van der Waals surface area (Å²) in [6.45, 7) is -0.676. The van der Waals surface area contributed by atoms with E-state index in [0.29, 0.717) is 0 Å². The lowest BCUT2D eigenvalue weighted by molar-refractivity contribution is -0.235. The van der Waals surface area contributed by atoms with Gasteiger partial charge in [-0.25, -0.2) is 9.59 Å². The standard InChI is InChI=1S/C21H20O13/c1-31-17-10(33-20(29)6-2-8(23)13(25)9(24)3-6)4-7-12(15(17)27)18-19(34-21(7)30)16(28)14(26)11(5-22)32-18/h2-4,11,14,16,18-19,22-28H,5H2,1H3. The molecular formula is C21H20O13. The Balaban J connectivity index is 1.76. The SMILES string of the molecule is COc1c(OC(=O)c2cc(O)c(O)c(O)c2)cc2c(c1O)C1OC(CO)C(O)C(O)C1OC2=O. The molecule has 0 bridgehead atoms. The summed E-state index contributed by atoms with van der Waals surface area (Å²) in [5, 5.41) is 69.4. The molecule has 0 aromatic heterocycles. The van der Waals surface area contributed by atoms with Crippen LogP contribution >= 0.6 is 0 Å². The summed E-state index contributed by atoms with van der Waals surface area (Å²) in [7, 11) is 1.13. The summed E-state index contributed by atoms with van der Waals surface area (Å²) in [5.41, 5.74) is -0.866. The molecule has 2 aliphatic rings. The van der Waals surface area contributed by atoms with Crippen molar-refractivity contribution in [2.75, 3.05) is 13.7 Å². The van der Waals surface area contributed by atoms with E-state index < -0.39 is 83.6 Å². The third-order valence-corrected chi connectivity index (χ3v) is 5.59. The number of rotatable bonds is 4. The zero-order valence-corrected chi connectivity index (χ0v) is 17.4. The van der Waals surface area contributed by atoms with Gasteiger partial charge in [-0.2, -0.15) is 0 Å². The van der Waals surface area contributed by atoms with Crippen LogP contribution in [0.25, 0.3) is 0 Å². The Morgan fingerprint density at radius 3 is 2.26 bits per heavy atom. The molecule has 2 aromatic carbocycles. The van der Waals surface area contributed by atoms with Crippen LogP contribution in [0.3, 0.4) is 0 Å². The lowest BCUT2D eigenvalue weighted by Gasteiger charge is -2.44. The Kier molecular flexibility index (Phi) is 5.87. The van der Waals surface area contributed by atoms with Gasteiger partial charge in [-0.3, -0.25) is 0 Å². The number of esters is 2. The molecule has 2 aromatic rings. The van der Waals surface area contributed by atoms with E-state index in [2.05, 4.69) is 0 Å². The smallest absolute Gasteiger partial charge is 0.343 e. The summed E-state index contributed by atoms with van der Waals surface area (Å²) >= 11 is 0. The highest BCUT2D eigenvalue weighted by molar-refractivity contribution is 5.97. The number of methoxy groups -OCH3 is 1. The van der Waals surface area contributed by atoms with Gasteiger partial charge in [0.05, 0.1) is 24.8 Å². The van der Waals surface area contributed by atoms with E-state index in [1.807, 2.05) is 0 Å². The maximum Gasteiger partial charge on any atom is 0.343 e. The summed E-state index contributed by atoms with van der Waals surface area (Å²) in [5.74, 6) is -6.17. The van der Waals surface area contributed by atoms with Crippen LogP contribution in [-0.4, -0.2) is 85.8 Å². The first-order chi connectivity index (χ1) is 16.1. The molecule has 7 N–H and O–H groups in total. The van der Waals surface area contributed by atoms with E-state index in [0.717, 1.165) is 25.3 Å². The van der Waals surface area contributed by atoms with Gasteiger partial charge in [0.1, 0.15) is 24.4 Å². The molecule has 2 aliphatic heterocycles. The van der Waals surface area contributed by atoms with Crippen LogP contribution < -0.4 is 9.47 Å². The fourth-order valence-electron chi connectivity index (χ4n) is 3.89. The topological polar surface area (TPSA) is 213 Å². The minimum absolute atomic E-state index is 0.178. The van der Waals surface area contributed by atoms with Crippen LogP contribution in [0.1, 0.15) is 32.4 Å². The van der Waals surface area contributed by atoms with E-state index in [1.165, 1.54) is 0 Å². The Labute approximate surface area is 190 Å². The minimum Gasteiger partial charge on any atom is -0.504 e. The van der Waals surface area contributed by atoms with Gasteiger partial charge in [0.2, 0.25) is 5.75 Å². The number of hydrogen-bond acceptors (Lipinski definition) is 13. The molecular weight excluding hydrogens is 460 g/mol. The van der Waals surface area contributed by atoms with E-state index in [-0.39, 0.29) is 16.7 Å². The first-order valence-corrected chi connectivity index (χ1v) is 9.83. The average Bonchev–Trinajstić information content (AvgIpc) is 2.80. The third kappa shape index (κ3) is 3.60. The number of aliphatic hydroxyl groups excluding tert-OH is 3. The molecule has 5 unspecified atom stereocenters. The second-order valence-electron chi connectivity index (χ2n) is 7.60. The largest absolute Gasteiger partial charge is 0.504 e. The first kappa shape index (κ1) is 23.4. The van der Waals surface area contributed by atoms with Crippen molar-refractivity contribution >= 4 is 11.9 Å². The number of carbonyl (C=O) groups is 2. The molecule has 13 heteroatoms. The van der Waals surface area contributed by atoms with E-state index in [1.54, 1.807) is 0 Å². The number of benzene rings is 2. The predicted octanol–water partition coefficient (Wildman–Crippen LogP) is -0.570. The van der Waals surface area contributed by atoms with Crippen molar-refractivity contribution in [3.63, 3.8) is 0 Å². The molecule has 0 spiro atoms. The van der Waals surface area contributed by atoms with Gasteiger partial charge in [0.25, 0.3) is 0 Å². The molecule has 1 fully saturated rings. The first-order valence-electron chi connectivity index (χ1n) is 9.83. The molecule has 1 saturated heterocycles. The van der Waals surface area contributed by atoms with Crippen LogP contribution in [-0.2, 0) is 9.47 Å². The van der Waals surface area contributed by atoms with Gasteiger partial charge >= 0.3 is 11.9 Å². The summed E-state index contributed by atoms with van der Waals surface area (Å²) < 4.78 is 21.0. The van der Waals surface area contributed by atoms with Crippen LogP contribution in [0.4, 0.5) is 0 Å². The van der Waals surface area contributed by atoms with Crippen molar-refractivity contribution in [2.24, 2.45) is 0 Å². The fourth-order valence-corrected chi connectivity index (χ4v) is 3.89. The maximum atomic E-state index is 12.6. The maximum absolute atomic E-state index is 12.6. The van der Waals surface area contributed by atoms with Gasteiger partial charge in [-0.1, -0.05) is 0 Å². The Bertz CT molecular complexity index is 1140. The highest BCUT2D eigenvalue weighted by atomic mass is 16.6. The van der Waals surface area contributed by atoms with E-state index in [9.17, 15) is 45.3 Å². The molecule has 0 saturated carbocycles. The Morgan fingerprint density at radius 2 is 1.68 bits per heavy atom. The van der Waals surface area contributed by atoms with Gasteiger partial charge < -0.3 is 54.7 Å². The molecule has 5 atom stereocenters. The number of aliphatic hydroxyl groups is 3. The minimum atomic E-state index is -1.63. The lowest BCUT2D eigenvalue weighted by atomic mass is 9.86. The number of phenolic OH excluding ortho intramolecular Hbond substituents is 4. The van der Waals surface area contributed by atoms with Gasteiger partial charge in [-0.15, -0.1) is 0 Å². The summed E-state index contributed by atoms with van der Waals surface area (Å²) in [6, 6.07) is 2.65. The van der Waals surface area contributed by atoms with Crippen LogP contribution in [0, 0.1) is 0 Å². The van der Waals surface area contributed by atoms with Crippen LogP contribution in [0.5, 0.6) is 34.5 Å². The Morgan fingerprint density at radius 1 is 1.03 bits per heavy atom. The molecule has 182 valence electrons. The van der Waals surface area contributed by atoms with Crippen molar-refractivity contribution in [3.05, 3.63) is 34.9 Å². The number of ether oxygens (including phenoxy) is 4. The van der Waals surface area contributed by atoms with E-state index in [4.69, 9.17) is 18.9 Å². The van der Waals surface area contributed by atoms with Gasteiger partial charge in [0.15, 0.2) is 34.9 Å². The number of hydrogen-bond donors (Lipinski definition) is 7. The fraction of sp³-hybridized carbons (Fsp3) is 0.333. The lowest BCUT2D eigenvalue weighted by Crippen LogP contribution is -2.58. The zero-order valence-electron chi connectivity index (χ0n) is 17.4. The average molecular weight is 480 g/mol. The molecule has 13 nitrogen and oxygen atoms in total. The number of fused-ring (bicyclic) bond motifs is 3. The van der Waals surface area contributed by atoms with Crippen molar-refractivity contribution in [1.82, 2.24) is 0 Å². The molecule has 2 heterocycles. The summed E-state index contributed by atoms with van der Waals surface area (Å²) in [4.78, 5) is 25.2. The second kappa shape index (κ2) is 8.53. The van der Waals surface area contributed by atoms with Crippen molar-refractivity contribution in [2.45, 2.75) is 30.5 Å². The zero-order chi connectivity index (χ0) is 24.9. The number of aromatic hydroxyl groups is 4. The van der Waals surface area contributed by atoms with Crippen molar-refractivity contribution in [3.8, 4) is 34.5 Å². The molecule has 0 aliphatic carbocycles. The van der Waals surface area contributed by atoms with Crippen molar-refractivity contribution < 1.29 is 64.3 Å². The molecule has 4 rings (SSSR count). The quantitative estimate of drug-likeness (QED) is 0.166. The predicted molar refractivity (Wildman–Crippen MR) is 107 cm³/mol.